The summed E-state index contributed by atoms with van der Waals surface area (Å²) in [4.78, 5) is 12.8. The SMILES string of the molecule is CCCC(C(=O)OCC)c1cc(B2OC(C)(C)C(C)(C)O2)cc(-c2ccc(C(F)(F)F)cc2)c1. The highest BCUT2D eigenvalue weighted by Gasteiger charge is 2.52. The van der Waals surface area contributed by atoms with E-state index in [1.165, 1.54) is 12.1 Å². The second-order valence-electron chi connectivity index (χ2n) is 9.65. The van der Waals surface area contributed by atoms with Crippen molar-refractivity contribution in [1.82, 2.24) is 0 Å². The molecule has 1 aliphatic rings. The third-order valence-electron chi connectivity index (χ3n) is 6.60. The van der Waals surface area contributed by atoms with E-state index in [1.807, 2.05) is 52.8 Å². The fourth-order valence-electron chi connectivity index (χ4n) is 3.96. The van der Waals surface area contributed by atoms with Gasteiger partial charge < -0.3 is 14.0 Å². The minimum atomic E-state index is -4.41. The lowest BCUT2D eigenvalue weighted by Gasteiger charge is -2.32. The Bertz CT molecular complexity index is 1000. The van der Waals surface area contributed by atoms with Gasteiger partial charge in [-0.2, -0.15) is 13.2 Å². The van der Waals surface area contributed by atoms with Crippen molar-refractivity contribution in [2.45, 2.75) is 77.7 Å². The van der Waals surface area contributed by atoms with Crippen LogP contribution in [0.2, 0.25) is 0 Å². The smallest absolute Gasteiger partial charge is 0.466 e. The molecule has 2 aromatic carbocycles. The summed E-state index contributed by atoms with van der Waals surface area (Å²) in [6.07, 6.45) is -3.07. The molecule has 0 radical (unpaired) electrons. The maximum Gasteiger partial charge on any atom is 0.494 e. The summed E-state index contributed by atoms with van der Waals surface area (Å²) in [6, 6.07) is 10.6. The Kier molecular flexibility index (Phi) is 7.53. The molecule has 1 saturated heterocycles. The van der Waals surface area contributed by atoms with Crippen LogP contribution in [0, 0.1) is 0 Å². The standard InChI is InChI=1S/C26H32BF3O4/c1-7-9-22(23(31)32-8-2)19-14-18(17-10-12-20(13-11-17)26(28,29)30)15-21(16-19)27-33-24(3,4)25(5,6)34-27/h10-16,22H,7-9H2,1-6H3. The number of alkyl halides is 3. The molecule has 1 atom stereocenters. The number of carbonyl (C=O) groups excluding carboxylic acids is 1. The van der Waals surface area contributed by atoms with E-state index in [1.54, 1.807) is 6.92 Å². The van der Waals surface area contributed by atoms with Crippen molar-refractivity contribution in [1.29, 1.82) is 0 Å². The Morgan fingerprint density at radius 3 is 2.06 bits per heavy atom. The zero-order valence-electron chi connectivity index (χ0n) is 20.6. The first-order valence-electron chi connectivity index (χ1n) is 11.6. The second-order valence-corrected chi connectivity index (χ2v) is 9.65. The molecule has 0 saturated carbocycles. The quantitative estimate of drug-likeness (QED) is 0.357. The highest BCUT2D eigenvalue weighted by molar-refractivity contribution is 6.62. The van der Waals surface area contributed by atoms with Crippen molar-refractivity contribution in [2.75, 3.05) is 6.61 Å². The van der Waals surface area contributed by atoms with E-state index in [0.29, 0.717) is 23.0 Å². The molecule has 34 heavy (non-hydrogen) atoms. The van der Waals surface area contributed by atoms with Gasteiger partial charge in [0.05, 0.1) is 29.3 Å². The lowest BCUT2D eigenvalue weighted by Crippen LogP contribution is -2.41. The Morgan fingerprint density at radius 2 is 1.56 bits per heavy atom. The van der Waals surface area contributed by atoms with E-state index in [4.69, 9.17) is 14.0 Å². The van der Waals surface area contributed by atoms with Crippen molar-refractivity contribution in [3.63, 3.8) is 0 Å². The van der Waals surface area contributed by atoms with Gasteiger partial charge in [0.25, 0.3) is 0 Å². The molecule has 0 aliphatic carbocycles. The number of halogens is 3. The number of esters is 1. The highest BCUT2D eigenvalue weighted by Crippen LogP contribution is 2.38. The van der Waals surface area contributed by atoms with Crippen molar-refractivity contribution in [3.05, 3.63) is 53.6 Å². The van der Waals surface area contributed by atoms with Crippen LogP contribution in [0.25, 0.3) is 11.1 Å². The molecule has 2 aromatic rings. The average molecular weight is 476 g/mol. The maximum atomic E-state index is 13.1. The van der Waals surface area contributed by atoms with Gasteiger partial charge in [-0.15, -0.1) is 0 Å². The zero-order chi connectivity index (χ0) is 25.3. The number of rotatable bonds is 7. The van der Waals surface area contributed by atoms with Crippen LogP contribution in [0.4, 0.5) is 13.2 Å². The van der Waals surface area contributed by atoms with Crippen molar-refractivity contribution in [3.8, 4) is 11.1 Å². The predicted octanol–water partition coefficient (Wildman–Crippen LogP) is 6.12. The van der Waals surface area contributed by atoms with Gasteiger partial charge in [0.1, 0.15) is 0 Å². The van der Waals surface area contributed by atoms with Crippen LogP contribution in [-0.2, 0) is 25.0 Å². The number of ether oxygens (including phenoxy) is 1. The molecule has 8 heteroatoms. The van der Waals surface area contributed by atoms with Crippen LogP contribution >= 0.6 is 0 Å². The summed E-state index contributed by atoms with van der Waals surface area (Å²) >= 11 is 0. The molecular formula is C26H32BF3O4. The van der Waals surface area contributed by atoms with E-state index < -0.39 is 36.0 Å². The second kappa shape index (κ2) is 9.74. The Labute approximate surface area is 199 Å². The third kappa shape index (κ3) is 5.49. The van der Waals surface area contributed by atoms with Gasteiger partial charge >= 0.3 is 19.3 Å². The highest BCUT2D eigenvalue weighted by atomic mass is 19.4. The first kappa shape index (κ1) is 26.3. The molecular weight excluding hydrogens is 444 g/mol. The molecule has 0 N–H and O–H groups in total. The molecule has 1 fully saturated rings. The molecule has 1 unspecified atom stereocenters. The normalized spacial score (nSPS) is 18.1. The van der Waals surface area contributed by atoms with Crippen LogP contribution in [0.1, 0.15) is 71.4 Å². The predicted molar refractivity (Wildman–Crippen MR) is 127 cm³/mol. The summed E-state index contributed by atoms with van der Waals surface area (Å²) in [5.74, 6) is -0.825. The Hall–Kier alpha value is -2.32. The number of carbonyl (C=O) groups is 1. The summed E-state index contributed by atoms with van der Waals surface area (Å²) in [7, 11) is -0.678. The molecule has 0 spiro atoms. The first-order valence-corrected chi connectivity index (χ1v) is 11.6. The fraction of sp³-hybridized carbons (Fsp3) is 0.500. The molecule has 1 heterocycles. The number of hydrogen-bond donors (Lipinski definition) is 0. The van der Waals surface area contributed by atoms with Crippen LogP contribution < -0.4 is 5.46 Å². The van der Waals surface area contributed by atoms with Crippen LogP contribution in [0.3, 0.4) is 0 Å². The molecule has 3 rings (SSSR count). The van der Waals surface area contributed by atoms with E-state index in [0.717, 1.165) is 24.1 Å². The van der Waals surface area contributed by atoms with Crippen molar-refractivity contribution >= 4 is 18.6 Å². The molecule has 1 aliphatic heterocycles. The number of benzene rings is 2. The fourth-order valence-corrected chi connectivity index (χ4v) is 3.96. The van der Waals surface area contributed by atoms with E-state index >= 15 is 0 Å². The van der Waals surface area contributed by atoms with Gasteiger partial charge in [-0.1, -0.05) is 43.7 Å². The molecule has 4 nitrogen and oxygen atoms in total. The zero-order valence-corrected chi connectivity index (χ0v) is 20.6. The Morgan fingerprint density at radius 1 is 0.971 bits per heavy atom. The Balaban J connectivity index is 2.11. The average Bonchev–Trinajstić information content (AvgIpc) is 2.98. The van der Waals surface area contributed by atoms with Crippen LogP contribution in [0.15, 0.2) is 42.5 Å². The van der Waals surface area contributed by atoms with Gasteiger partial charge in [-0.25, -0.2) is 0 Å². The lowest BCUT2D eigenvalue weighted by atomic mass is 9.75. The summed E-state index contributed by atoms with van der Waals surface area (Å²) in [5, 5.41) is 0. The van der Waals surface area contributed by atoms with Gasteiger partial charge in [-0.05, 0) is 75.3 Å². The van der Waals surface area contributed by atoms with E-state index in [2.05, 4.69) is 0 Å². The largest absolute Gasteiger partial charge is 0.494 e. The number of hydrogen-bond acceptors (Lipinski definition) is 4. The monoisotopic (exact) mass is 476 g/mol. The van der Waals surface area contributed by atoms with Gasteiger partial charge in [0.15, 0.2) is 0 Å². The van der Waals surface area contributed by atoms with Crippen LogP contribution in [-0.4, -0.2) is 30.9 Å². The lowest BCUT2D eigenvalue weighted by molar-refractivity contribution is -0.145. The minimum absolute atomic E-state index is 0.266. The molecule has 0 amide bonds. The van der Waals surface area contributed by atoms with Gasteiger partial charge in [0.2, 0.25) is 0 Å². The summed E-state index contributed by atoms with van der Waals surface area (Å²) in [6.45, 7) is 11.8. The third-order valence-corrected chi connectivity index (χ3v) is 6.60. The topological polar surface area (TPSA) is 44.8 Å². The molecule has 0 aromatic heterocycles. The first-order chi connectivity index (χ1) is 15.8. The van der Waals surface area contributed by atoms with Crippen molar-refractivity contribution in [2.24, 2.45) is 0 Å². The maximum absolute atomic E-state index is 13.1. The van der Waals surface area contributed by atoms with Gasteiger partial charge in [-0.3, -0.25) is 4.79 Å². The van der Waals surface area contributed by atoms with Crippen molar-refractivity contribution < 1.29 is 32.0 Å². The van der Waals surface area contributed by atoms with Crippen LogP contribution in [0.5, 0.6) is 0 Å². The summed E-state index contributed by atoms with van der Waals surface area (Å²) < 4.78 is 57.0. The summed E-state index contributed by atoms with van der Waals surface area (Å²) in [5.41, 5.74) is 0.874. The van der Waals surface area contributed by atoms with E-state index in [-0.39, 0.29) is 12.6 Å². The minimum Gasteiger partial charge on any atom is -0.466 e. The molecule has 0 bridgehead atoms. The van der Waals surface area contributed by atoms with Gasteiger partial charge in [0, 0.05) is 0 Å². The molecule has 184 valence electrons. The van der Waals surface area contributed by atoms with E-state index in [9.17, 15) is 18.0 Å².